The molecule has 0 fully saturated rings. The van der Waals surface area contributed by atoms with E-state index in [0.29, 0.717) is 5.57 Å². The molecule has 0 saturated carbocycles. The summed E-state index contributed by atoms with van der Waals surface area (Å²) in [5, 5.41) is 16.6. The molecule has 0 amide bonds. The molecule has 0 spiro atoms. The lowest BCUT2D eigenvalue weighted by Gasteiger charge is -1.93. The van der Waals surface area contributed by atoms with Crippen LogP contribution in [0.15, 0.2) is 60.2 Å². The van der Waals surface area contributed by atoms with E-state index in [1.807, 2.05) is 30.3 Å². The Bertz CT molecular complexity index is 513. The number of benzene rings is 1. The molecule has 4 heteroatoms. The van der Waals surface area contributed by atoms with E-state index in [1.54, 1.807) is 25.2 Å². The molecule has 1 aromatic carbocycles. The van der Waals surface area contributed by atoms with Crippen molar-refractivity contribution in [3.05, 3.63) is 65.8 Å². The van der Waals surface area contributed by atoms with Gasteiger partial charge in [0.1, 0.15) is 0 Å². The van der Waals surface area contributed by atoms with Crippen molar-refractivity contribution in [1.82, 2.24) is 0 Å². The van der Waals surface area contributed by atoms with Crippen molar-refractivity contribution in [3.63, 3.8) is 0 Å². The third-order valence-electron chi connectivity index (χ3n) is 2.18. The molecule has 0 unspecified atom stereocenters. The maximum atomic E-state index is 10.6. The second-order valence-electron chi connectivity index (χ2n) is 3.88. The Morgan fingerprint density at radius 3 is 1.95 bits per heavy atom. The van der Waals surface area contributed by atoms with Crippen molar-refractivity contribution in [3.8, 4) is 0 Å². The molecule has 1 rings (SSSR count). The maximum Gasteiger partial charge on any atom is 0.335 e. The molecule has 0 aliphatic heterocycles. The highest BCUT2D eigenvalue weighted by atomic mass is 16.4. The smallest absolute Gasteiger partial charge is 0.335 e. The summed E-state index contributed by atoms with van der Waals surface area (Å²) < 4.78 is 0. The summed E-state index contributed by atoms with van der Waals surface area (Å²) in [6.07, 6.45) is 4.95. The average molecular weight is 274 g/mol. The molecule has 2 N–H and O–H groups in total. The van der Waals surface area contributed by atoms with E-state index in [0.717, 1.165) is 5.56 Å². The summed E-state index contributed by atoms with van der Waals surface area (Å²) >= 11 is 0. The van der Waals surface area contributed by atoms with Gasteiger partial charge in [-0.15, -0.1) is 0 Å². The number of allylic oxidation sites excluding steroid dienone is 1. The molecule has 0 atom stereocenters. The van der Waals surface area contributed by atoms with Gasteiger partial charge in [0.2, 0.25) is 0 Å². The van der Waals surface area contributed by atoms with Crippen molar-refractivity contribution in [2.45, 2.75) is 13.8 Å². The minimum absolute atomic E-state index is 0.176. The predicted octanol–water partition coefficient (Wildman–Crippen LogP) is 3.38. The Hall–Kier alpha value is -2.62. The number of hydrogen-bond donors (Lipinski definition) is 2. The molecule has 1 aromatic rings. The number of aliphatic carboxylic acids is 2. The Morgan fingerprint density at radius 1 is 1.10 bits per heavy atom. The number of carbonyl (C=O) groups is 2. The van der Waals surface area contributed by atoms with E-state index in [4.69, 9.17) is 10.2 Å². The van der Waals surface area contributed by atoms with Gasteiger partial charge in [0.15, 0.2) is 0 Å². The summed E-state index contributed by atoms with van der Waals surface area (Å²) in [6.45, 7) is 6.31. The minimum Gasteiger partial charge on any atom is -0.478 e. The van der Waals surface area contributed by atoms with Crippen LogP contribution in [0.4, 0.5) is 0 Å². The van der Waals surface area contributed by atoms with Gasteiger partial charge >= 0.3 is 11.9 Å². The number of carboxylic acids is 2. The standard InChI is InChI=1S/C12H12O2.C4H6O2/c1-2-11(12(13)14)9-8-10-6-4-3-5-7-10;1-3(2)4(5)6/h2-9H,1H3,(H,13,14);1H2,2H3,(H,5,6). The molecule has 0 aliphatic carbocycles. The fraction of sp³-hybridized carbons (Fsp3) is 0.125. The van der Waals surface area contributed by atoms with E-state index in [9.17, 15) is 9.59 Å². The van der Waals surface area contributed by atoms with Crippen molar-refractivity contribution >= 4 is 18.0 Å². The Balaban J connectivity index is 0.000000511. The SMILES string of the molecule is C=C(C)C(=O)O.CC=C(C=Cc1ccccc1)C(=O)O. The minimum atomic E-state index is -0.935. The summed E-state index contributed by atoms with van der Waals surface area (Å²) in [7, 11) is 0. The normalized spacial score (nSPS) is 10.6. The van der Waals surface area contributed by atoms with Gasteiger partial charge in [-0.25, -0.2) is 9.59 Å². The lowest BCUT2D eigenvalue weighted by atomic mass is 10.1. The molecule has 4 nitrogen and oxygen atoms in total. The van der Waals surface area contributed by atoms with Crippen LogP contribution in [0, 0.1) is 0 Å². The van der Waals surface area contributed by atoms with Crippen LogP contribution in [0.3, 0.4) is 0 Å². The average Bonchev–Trinajstić information content (AvgIpc) is 2.40. The van der Waals surface area contributed by atoms with Crippen molar-refractivity contribution in [2.75, 3.05) is 0 Å². The zero-order chi connectivity index (χ0) is 15.5. The van der Waals surface area contributed by atoms with E-state index in [2.05, 4.69) is 6.58 Å². The highest BCUT2D eigenvalue weighted by molar-refractivity contribution is 5.91. The summed E-state index contributed by atoms with van der Waals surface area (Å²) in [4.78, 5) is 20.2. The van der Waals surface area contributed by atoms with Crippen LogP contribution in [-0.2, 0) is 9.59 Å². The van der Waals surface area contributed by atoms with Gasteiger partial charge in [0.25, 0.3) is 0 Å². The van der Waals surface area contributed by atoms with Gasteiger partial charge in [-0.1, -0.05) is 49.1 Å². The van der Waals surface area contributed by atoms with Crippen LogP contribution in [0.2, 0.25) is 0 Å². The molecule has 106 valence electrons. The topological polar surface area (TPSA) is 74.6 Å². The van der Waals surface area contributed by atoms with E-state index < -0.39 is 11.9 Å². The number of carboxylic acid groups (broad SMARTS) is 2. The first-order valence-electron chi connectivity index (χ1n) is 5.90. The molecule has 0 bridgehead atoms. The van der Waals surface area contributed by atoms with Gasteiger partial charge in [0, 0.05) is 5.57 Å². The van der Waals surface area contributed by atoms with Crippen LogP contribution < -0.4 is 0 Å². The van der Waals surface area contributed by atoms with E-state index in [-0.39, 0.29) is 5.57 Å². The molecular formula is C16H18O4. The fourth-order valence-electron chi connectivity index (χ4n) is 1.04. The first-order chi connectivity index (χ1) is 9.38. The lowest BCUT2D eigenvalue weighted by molar-refractivity contribution is -0.133. The highest BCUT2D eigenvalue weighted by Gasteiger charge is 1.99. The molecule has 20 heavy (non-hydrogen) atoms. The van der Waals surface area contributed by atoms with Crippen LogP contribution in [-0.4, -0.2) is 22.2 Å². The van der Waals surface area contributed by atoms with Gasteiger partial charge in [-0.3, -0.25) is 0 Å². The van der Waals surface area contributed by atoms with Crippen LogP contribution >= 0.6 is 0 Å². The third kappa shape index (κ3) is 7.66. The monoisotopic (exact) mass is 274 g/mol. The first-order valence-corrected chi connectivity index (χ1v) is 5.90. The largest absolute Gasteiger partial charge is 0.478 e. The van der Waals surface area contributed by atoms with Gasteiger partial charge in [0.05, 0.1) is 5.57 Å². The summed E-state index contributed by atoms with van der Waals surface area (Å²) in [5.41, 5.74) is 1.47. The van der Waals surface area contributed by atoms with Crippen molar-refractivity contribution in [1.29, 1.82) is 0 Å². The van der Waals surface area contributed by atoms with Crippen molar-refractivity contribution < 1.29 is 19.8 Å². The molecule has 0 radical (unpaired) electrons. The molecule has 0 aliphatic rings. The van der Waals surface area contributed by atoms with Crippen LogP contribution in [0.25, 0.3) is 6.08 Å². The third-order valence-corrected chi connectivity index (χ3v) is 2.18. The highest BCUT2D eigenvalue weighted by Crippen LogP contribution is 2.05. The quantitative estimate of drug-likeness (QED) is 0.652. The molecule has 0 heterocycles. The Kier molecular flexibility index (Phi) is 8.11. The second kappa shape index (κ2) is 9.33. The van der Waals surface area contributed by atoms with E-state index in [1.165, 1.54) is 6.92 Å². The lowest BCUT2D eigenvalue weighted by Crippen LogP contribution is -1.96. The van der Waals surface area contributed by atoms with E-state index >= 15 is 0 Å². The molecule has 0 saturated heterocycles. The van der Waals surface area contributed by atoms with Gasteiger partial charge in [-0.05, 0) is 25.5 Å². The number of hydrogen-bond acceptors (Lipinski definition) is 2. The van der Waals surface area contributed by atoms with Crippen LogP contribution in [0.5, 0.6) is 0 Å². The molecular weight excluding hydrogens is 256 g/mol. The van der Waals surface area contributed by atoms with Crippen molar-refractivity contribution in [2.24, 2.45) is 0 Å². The zero-order valence-electron chi connectivity index (χ0n) is 11.5. The number of rotatable bonds is 4. The second-order valence-corrected chi connectivity index (χ2v) is 3.88. The maximum absolute atomic E-state index is 10.6. The first kappa shape index (κ1) is 17.4. The van der Waals surface area contributed by atoms with Crippen LogP contribution in [0.1, 0.15) is 19.4 Å². The van der Waals surface area contributed by atoms with Gasteiger partial charge < -0.3 is 10.2 Å². The Labute approximate surface area is 118 Å². The molecule has 0 aromatic heterocycles. The summed E-state index contributed by atoms with van der Waals surface area (Å²) in [6, 6.07) is 9.59. The fourth-order valence-corrected chi connectivity index (χ4v) is 1.04. The zero-order valence-corrected chi connectivity index (χ0v) is 11.5. The predicted molar refractivity (Wildman–Crippen MR) is 79.3 cm³/mol. The van der Waals surface area contributed by atoms with Gasteiger partial charge in [-0.2, -0.15) is 0 Å². The Morgan fingerprint density at radius 2 is 1.60 bits per heavy atom. The summed E-state index contributed by atoms with van der Waals surface area (Å²) in [5.74, 6) is -1.84.